The van der Waals surface area contributed by atoms with Crippen LogP contribution in [-0.4, -0.2) is 50.8 Å². The first-order chi connectivity index (χ1) is 25.0. The first-order valence-corrected chi connectivity index (χ1v) is 22.5. The van der Waals surface area contributed by atoms with Gasteiger partial charge in [-0.15, -0.1) is 0 Å². The number of carbonyl (C=O) groups excluding carboxylic acids is 1. The summed E-state index contributed by atoms with van der Waals surface area (Å²) in [6, 6.07) is 0. The zero-order valence-electron chi connectivity index (χ0n) is 35.2. The van der Waals surface area contributed by atoms with Crippen molar-refractivity contribution in [2.75, 3.05) is 6.54 Å². The molecule has 0 heterocycles. The van der Waals surface area contributed by atoms with Crippen LogP contribution >= 0.6 is 0 Å². The molecular weight excluding hydrogens is 650 g/mol. The predicted molar refractivity (Wildman–Crippen MR) is 219 cm³/mol. The molecule has 0 bridgehead atoms. The van der Waals surface area contributed by atoms with Crippen LogP contribution in [0.2, 0.25) is 0 Å². The molecule has 2 N–H and O–H groups in total. The average molecular weight is 738 g/mol. The van der Waals surface area contributed by atoms with E-state index < -0.39 is 35.6 Å². The Morgan fingerprint density at radius 2 is 0.750 bits per heavy atom. The van der Waals surface area contributed by atoms with E-state index in [9.17, 15) is 24.6 Å². The van der Waals surface area contributed by atoms with Gasteiger partial charge in [-0.2, -0.15) is 0 Å². The van der Waals surface area contributed by atoms with E-state index in [4.69, 9.17) is 4.74 Å². The minimum absolute atomic E-state index is 0.116. The van der Waals surface area contributed by atoms with Crippen LogP contribution in [0.15, 0.2) is 0 Å². The van der Waals surface area contributed by atoms with Gasteiger partial charge >= 0.3 is 18.0 Å². The van der Waals surface area contributed by atoms with Gasteiger partial charge in [0.25, 0.3) is 0 Å². The Bertz CT molecular complexity index is 855. The minimum Gasteiger partial charge on any atom is -0.481 e. The Labute approximate surface area is 322 Å². The summed E-state index contributed by atoms with van der Waals surface area (Å²) in [6.07, 6.45) is 37.8. The van der Waals surface area contributed by atoms with Crippen molar-refractivity contribution >= 4 is 18.0 Å². The molecule has 1 amide bonds. The molecule has 0 aromatic heterocycles. The zero-order valence-corrected chi connectivity index (χ0v) is 35.2. The maximum absolute atomic E-state index is 13.5. The lowest BCUT2D eigenvalue weighted by molar-refractivity contribution is -0.158. The van der Waals surface area contributed by atoms with Gasteiger partial charge in [-0.05, 0) is 33.6 Å². The second-order valence-corrected chi connectivity index (χ2v) is 16.9. The Balaban J connectivity index is 4.69. The molecule has 0 aliphatic heterocycles. The summed E-state index contributed by atoms with van der Waals surface area (Å²) in [5.41, 5.74) is -2.63. The van der Waals surface area contributed by atoms with Crippen LogP contribution in [-0.2, 0) is 14.3 Å². The van der Waals surface area contributed by atoms with E-state index in [-0.39, 0.29) is 13.0 Å². The van der Waals surface area contributed by atoms with Crippen molar-refractivity contribution in [1.29, 1.82) is 0 Å². The molecule has 7 nitrogen and oxygen atoms in total. The van der Waals surface area contributed by atoms with Gasteiger partial charge in [0, 0.05) is 6.54 Å². The lowest BCUT2D eigenvalue weighted by Gasteiger charge is -2.40. The summed E-state index contributed by atoms with van der Waals surface area (Å²) in [4.78, 5) is 39.8. The molecule has 0 aromatic carbocycles. The number of amides is 1. The summed E-state index contributed by atoms with van der Waals surface area (Å²) in [7, 11) is 0. The van der Waals surface area contributed by atoms with E-state index in [1.165, 1.54) is 159 Å². The van der Waals surface area contributed by atoms with E-state index in [2.05, 4.69) is 13.8 Å². The Kier molecular flexibility index (Phi) is 32.6. The van der Waals surface area contributed by atoms with Gasteiger partial charge in [0.05, 0.1) is 6.42 Å². The topological polar surface area (TPSA) is 104 Å². The van der Waals surface area contributed by atoms with Crippen molar-refractivity contribution in [3.63, 3.8) is 0 Å². The van der Waals surface area contributed by atoms with Gasteiger partial charge in [0.15, 0.2) is 5.54 Å². The molecule has 308 valence electrons. The first kappa shape index (κ1) is 50.2. The molecule has 0 saturated carbocycles. The number of unbranched alkanes of at least 4 members (excludes halogenated alkanes) is 30. The van der Waals surface area contributed by atoms with Crippen molar-refractivity contribution in [3.05, 3.63) is 0 Å². The van der Waals surface area contributed by atoms with Crippen molar-refractivity contribution in [1.82, 2.24) is 4.90 Å². The molecule has 0 rings (SSSR count). The van der Waals surface area contributed by atoms with Gasteiger partial charge in [-0.3, -0.25) is 9.69 Å². The van der Waals surface area contributed by atoms with Crippen LogP contribution in [0.1, 0.15) is 253 Å². The third kappa shape index (κ3) is 28.7. The molecule has 0 saturated heterocycles. The number of carboxylic acid groups (broad SMARTS) is 2. The normalized spacial score (nSPS) is 12.9. The molecule has 0 aromatic rings. The number of ether oxygens (including phenoxy) is 1. The largest absolute Gasteiger partial charge is 0.481 e. The fourth-order valence-electron chi connectivity index (χ4n) is 7.45. The van der Waals surface area contributed by atoms with Gasteiger partial charge in [-0.25, -0.2) is 9.59 Å². The van der Waals surface area contributed by atoms with Crippen LogP contribution in [0, 0.1) is 0 Å². The van der Waals surface area contributed by atoms with E-state index in [0.29, 0.717) is 12.8 Å². The number of aliphatic carboxylic acids is 2. The summed E-state index contributed by atoms with van der Waals surface area (Å²) >= 11 is 0. The maximum Gasteiger partial charge on any atom is 0.411 e. The predicted octanol–water partition coefficient (Wildman–Crippen LogP) is 14.4. The fraction of sp³-hybridized carbons (Fsp3) is 0.933. The SMILES string of the molecule is CCCCCCCCCCCCCCCCCCN(C(=O)OC(C)(C)C)[C@@](CCCCCCCCCCCCCCCCCC)(CC(=O)O)C(=O)O. The van der Waals surface area contributed by atoms with Crippen LogP contribution in [0.25, 0.3) is 0 Å². The Morgan fingerprint density at radius 3 is 1.02 bits per heavy atom. The van der Waals surface area contributed by atoms with Gasteiger partial charge in [0.2, 0.25) is 0 Å². The summed E-state index contributed by atoms with van der Waals surface area (Å²) in [6.45, 7) is 9.98. The highest BCUT2D eigenvalue weighted by atomic mass is 16.6. The van der Waals surface area contributed by atoms with E-state index >= 15 is 0 Å². The smallest absolute Gasteiger partial charge is 0.411 e. The summed E-state index contributed by atoms with van der Waals surface area (Å²) in [5, 5.41) is 20.4. The minimum atomic E-state index is -1.82. The number of hydrogen-bond acceptors (Lipinski definition) is 4. The number of nitrogens with zero attached hydrogens (tertiary/aromatic N) is 1. The number of rotatable bonds is 38. The fourth-order valence-corrected chi connectivity index (χ4v) is 7.45. The Hall–Kier alpha value is -1.79. The van der Waals surface area contributed by atoms with Crippen LogP contribution < -0.4 is 0 Å². The quantitative estimate of drug-likeness (QED) is 0.0611. The Morgan fingerprint density at radius 1 is 0.462 bits per heavy atom. The van der Waals surface area contributed by atoms with Crippen molar-refractivity contribution in [3.8, 4) is 0 Å². The van der Waals surface area contributed by atoms with Crippen LogP contribution in [0.3, 0.4) is 0 Å². The second kappa shape index (κ2) is 33.8. The standard InChI is InChI=1S/C45H87NO6/c1-6-8-10-12-14-16-18-20-22-24-26-28-30-32-34-36-38-45(42(49)50,40-41(47)48)46(43(51)52-44(3,4)5)39-37-35-33-31-29-27-25-23-21-19-17-15-13-11-9-7-2/h6-40H2,1-5H3,(H,47,48)(H,49,50)/t45-/m0/s1. The van der Waals surface area contributed by atoms with Gasteiger partial charge in [0.1, 0.15) is 5.60 Å². The lowest BCUT2D eigenvalue weighted by atomic mass is 9.86. The van der Waals surface area contributed by atoms with E-state index in [1.54, 1.807) is 20.8 Å². The molecule has 0 radical (unpaired) electrons. The zero-order chi connectivity index (χ0) is 38.8. The van der Waals surface area contributed by atoms with Crippen LogP contribution in [0.4, 0.5) is 4.79 Å². The third-order valence-corrected chi connectivity index (χ3v) is 10.7. The maximum atomic E-state index is 13.5. The van der Waals surface area contributed by atoms with E-state index in [1.807, 2.05) is 0 Å². The molecule has 7 heteroatoms. The van der Waals surface area contributed by atoms with Crippen molar-refractivity contribution < 1.29 is 29.3 Å². The molecule has 0 fully saturated rings. The highest BCUT2D eigenvalue weighted by Gasteiger charge is 2.49. The second-order valence-electron chi connectivity index (χ2n) is 16.9. The highest BCUT2D eigenvalue weighted by Crippen LogP contribution is 2.31. The molecule has 52 heavy (non-hydrogen) atoms. The first-order valence-electron chi connectivity index (χ1n) is 22.5. The lowest BCUT2D eigenvalue weighted by Crippen LogP contribution is -2.59. The molecule has 0 aliphatic rings. The summed E-state index contributed by atoms with van der Waals surface area (Å²) in [5.74, 6) is -2.46. The molecular formula is C45H87NO6. The van der Waals surface area contributed by atoms with Gasteiger partial charge in [-0.1, -0.05) is 213 Å². The number of carboxylic acids is 2. The van der Waals surface area contributed by atoms with Crippen LogP contribution in [0.5, 0.6) is 0 Å². The van der Waals surface area contributed by atoms with Crippen molar-refractivity contribution in [2.45, 2.75) is 264 Å². The molecule has 0 unspecified atom stereocenters. The molecule has 0 aliphatic carbocycles. The molecule has 0 spiro atoms. The third-order valence-electron chi connectivity index (χ3n) is 10.7. The monoisotopic (exact) mass is 738 g/mol. The molecule has 1 atom stereocenters. The highest BCUT2D eigenvalue weighted by molar-refractivity contribution is 5.89. The average Bonchev–Trinajstić information content (AvgIpc) is 3.08. The van der Waals surface area contributed by atoms with E-state index in [0.717, 1.165) is 38.5 Å². The van der Waals surface area contributed by atoms with Gasteiger partial charge < -0.3 is 14.9 Å². The number of hydrogen-bond donors (Lipinski definition) is 2. The number of carbonyl (C=O) groups is 3. The summed E-state index contributed by atoms with van der Waals surface area (Å²) < 4.78 is 5.68. The van der Waals surface area contributed by atoms with Crippen molar-refractivity contribution in [2.24, 2.45) is 0 Å².